The summed E-state index contributed by atoms with van der Waals surface area (Å²) in [6, 6.07) is 15.3. The first kappa shape index (κ1) is 17.3. The highest BCUT2D eigenvalue weighted by molar-refractivity contribution is 7.10. The van der Waals surface area contributed by atoms with Crippen molar-refractivity contribution in [3.8, 4) is 0 Å². The van der Waals surface area contributed by atoms with Crippen molar-refractivity contribution in [2.24, 2.45) is 0 Å². The molecule has 27 heavy (non-hydrogen) atoms. The van der Waals surface area contributed by atoms with Crippen molar-refractivity contribution in [3.05, 3.63) is 92.9 Å². The van der Waals surface area contributed by atoms with Gasteiger partial charge in [0.2, 0.25) is 0 Å². The zero-order chi connectivity index (χ0) is 18.9. The Bertz CT molecular complexity index is 1090. The lowest BCUT2D eigenvalue weighted by molar-refractivity contribution is 0.0553. The summed E-state index contributed by atoms with van der Waals surface area (Å²) in [6.07, 6.45) is 1.45. The molecule has 0 spiro atoms. The number of nitrogens with one attached hydrogen (secondary N) is 1. The van der Waals surface area contributed by atoms with E-state index in [2.05, 4.69) is 5.32 Å². The lowest BCUT2D eigenvalue weighted by Crippen LogP contribution is -2.42. The summed E-state index contributed by atoms with van der Waals surface area (Å²) in [7, 11) is 0. The fourth-order valence-electron chi connectivity index (χ4n) is 2.85. The van der Waals surface area contributed by atoms with Gasteiger partial charge >= 0.3 is 5.63 Å². The van der Waals surface area contributed by atoms with Gasteiger partial charge in [-0.1, -0.05) is 24.3 Å². The molecule has 4 rings (SSSR count). The van der Waals surface area contributed by atoms with Crippen LogP contribution < -0.4 is 10.9 Å². The Morgan fingerprint density at radius 2 is 2.00 bits per heavy atom. The quantitative estimate of drug-likeness (QED) is 0.518. The number of carbonyl (C=O) groups excluding carboxylic acids is 1. The van der Waals surface area contributed by atoms with Crippen molar-refractivity contribution in [2.45, 2.75) is 5.60 Å². The predicted octanol–water partition coefficient (Wildman–Crippen LogP) is 3.11. The van der Waals surface area contributed by atoms with Crippen LogP contribution in [-0.2, 0) is 5.60 Å². The number of hydrogen-bond donors (Lipinski definition) is 2. The SMILES string of the molecule is O=C(NCC(O)(c1ccco1)c1cccs1)c1cc2ccccc2oc1=O. The van der Waals surface area contributed by atoms with Gasteiger partial charge in [0.25, 0.3) is 5.91 Å². The molecule has 3 aromatic heterocycles. The number of benzene rings is 1. The third-order valence-electron chi connectivity index (χ3n) is 4.25. The zero-order valence-corrected chi connectivity index (χ0v) is 14.9. The van der Waals surface area contributed by atoms with E-state index >= 15 is 0 Å². The van der Waals surface area contributed by atoms with Crippen LogP contribution in [0.2, 0.25) is 0 Å². The van der Waals surface area contributed by atoms with E-state index in [9.17, 15) is 14.7 Å². The highest BCUT2D eigenvalue weighted by Crippen LogP contribution is 2.32. The maximum absolute atomic E-state index is 12.6. The van der Waals surface area contributed by atoms with E-state index in [1.54, 1.807) is 48.5 Å². The van der Waals surface area contributed by atoms with Crippen molar-refractivity contribution >= 4 is 28.2 Å². The van der Waals surface area contributed by atoms with Crippen LogP contribution in [0.4, 0.5) is 0 Å². The molecule has 0 saturated heterocycles. The first-order valence-corrected chi connectivity index (χ1v) is 9.07. The molecule has 0 bridgehead atoms. The van der Waals surface area contributed by atoms with E-state index in [0.29, 0.717) is 21.6 Å². The van der Waals surface area contributed by atoms with Crippen LogP contribution >= 0.6 is 11.3 Å². The number of fused-ring (bicyclic) bond motifs is 1. The van der Waals surface area contributed by atoms with Gasteiger partial charge in [-0.2, -0.15) is 0 Å². The normalized spacial score (nSPS) is 13.4. The van der Waals surface area contributed by atoms with Gasteiger partial charge in [-0.25, -0.2) is 4.79 Å². The summed E-state index contributed by atoms with van der Waals surface area (Å²) in [5.74, 6) is -0.327. The van der Waals surface area contributed by atoms with Gasteiger partial charge in [0, 0.05) is 10.3 Å². The molecule has 4 aromatic rings. The van der Waals surface area contributed by atoms with Crippen LogP contribution in [0, 0.1) is 0 Å². The molecular weight excluding hydrogens is 366 g/mol. The van der Waals surface area contributed by atoms with Gasteiger partial charge in [0.05, 0.1) is 12.8 Å². The first-order chi connectivity index (χ1) is 13.1. The number of aliphatic hydroxyl groups is 1. The van der Waals surface area contributed by atoms with Gasteiger partial charge < -0.3 is 19.3 Å². The number of thiophene rings is 1. The minimum Gasteiger partial charge on any atom is -0.466 e. The number of furan rings is 1. The van der Waals surface area contributed by atoms with E-state index in [4.69, 9.17) is 8.83 Å². The monoisotopic (exact) mass is 381 g/mol. The molecule has 0 aliphatic heterocycles. The van der Waals surface area contributed by atoms with Crippen LogP contribution in [0.25, 0.3) is 11.0 Å². The lowest BCUT2D eigenvalue weighted by Gasteiger charge is -2.25. The maximum Gasteiger partial charge on any atom is 0.349 e. The topological polar surface area (TPSA) is 92.7 Å². The molecule has 1 amide bonds. The van der Waals surface area contributed by atoms with E-state index in [1.165, 1.54) is 23.7 Å². The number of amides is 1. The Hall–Kier alpha value is -3.16. The fraction of sp³-hybridized carbons (Fsp3) is 0.100. The van der Waals surface area contributed by atoms with Gasteiger partial charge in [0.1, 0.15) is 16.9 Å². The summed E-state index contributed by atoms with van der Waals surface area (Å²) in [4.78, 5) is 25.3. The highest BCUT2D eigenvalue weighted by atomic mass is 32.1. The first-order valence-electron chi connectivity index (χ1n) is 8.19. The van der Waals surface area contributed by atoms with E-state index < -0.39 is 17.1 Å². The van der Waals surface area contributed by atoms with Crippen molar-refractivity contribution < 1.29 is 18.7 Å². The Kier molecular flexibility index (Phi) is 4.39. The number of rotatable bonds is 5. The van der Waals surface area contributed by atoms with E-state index in [1.807, 2.05) is 5.38 Å². The summed E-state index contributed by atoms with van der Waals surface area (Å²) in [6.45, 7) is -0.161. The summed E-state index contributed by atoms with van der Waals surface area (Å²) in [5, 5.41) is 16.3. The van der Waals surface area contributed by atoms with Crippen LogP contribution in [0.1, 0.15) is 21.0 Å². The molecule has 0 fully saturated rings. The van der Waals surface area contributed by atoms with Gasteiger partial charge in [0.15, 0.2) is 5.60 Å². The second-order valence-electron chi connectivity index (χ2n) is 5.98. The number of hydrogen-bond acceptors (Lipinski definition) is 6. The Morgan fingerprint density at radius 1 is 1.15 bits per heavy atom. The Balaban J connectivity index is 1.63. The third kappa shape index (κ3) is 3.18. The van der Waals surface area contributed by atoms with Crippen LogP contribution in [-0.4, -0.2) is 17.6 Å². The minimum absolute atomic E-state index is 0.123. The molecule has 0 saturated carbocycles. The van der Waals surface area contributed by atoms with Crippen LogP contribution in [0.5, 0.6) is 0 Å². The predicted molar refractivity (Wildman–Crippen MR) is 101 cm³/mol. The molecule has 7 heteroatoms. The summed E-state index contributed by atoms with van der Waals surface area (Å²) < 4.78 is 10.6. The lowest BCUT2D eigenvalue weighted by atomic mass is 9.98. The fourth-order valence-corrected chi connectivity index (χ4v) is 3.68. The highest BCUT2D eigenvalue weighted by Gasteiger charge is 2.36. The Morgan fingerprint density at radius 3 is 2.74 bits per heavy atom. The molecule has 1 aromatic carbocycles. The zero-order valence-electron chi connectivity index (χ0n) is 14.0. The van der Waals surface area contributed by atoms with Gasteiger partial charge in [-0.15, -0.1) is 11.3 Å². The molecule has 2 N–H and O–H groups in total. The second-order valence-corrected chi connectivity index (χ2v) is 6.93. The van der Waals surface area contributed by atoms with Crippen molar-refractivity contribution in [2.75, 3.05) is 6.54 Å². The number of carbonyl (C=O) groups is 1. The van der Waals surface area contributed by atoms with Crippen LogP contribution in [0.3, 0.4) is 0 Å². The third-order valence-corrected chi connectivity index (χ3v) is 5.27. The molecule has 0 aliphatic rings. The second kappa shape index (κ2) is 6.86. The molecule has 3 heterocycles. The summed E-state index contributed by atoms with van der Waals surface area (Å²) >= 11 is 1.34. The molecule has 6 nitrogen and oxygen atoms in total. The molecule has 1 atom stereocenters. The van der Waals surface area contributed by atoms with Crippen molar-refractivity contribution in [1.82, 2.24) is 5.32 Å². The molecule has 136 valence electrons. The smallest absolute Gasteiger partial charge is 0.349 e. The van der Waals surface area contributed by atoms with Gasteiger partial charge in [-0.05, 0) is 35.7 Å². The van der Waals surface area contributed by atoms with Crippen molar-refractivity contribution in [1.29, 1.82) is 0 Å². The molecule has 1 unspecified atom stereocenters. The standard InChI is InChI=1S/C20H15NO5S/c22-18(14-11-13-5-1-2-6-15(13)26-19(14)23)21-12-20(24,16-7-3-9-25-16)17-8-4-10-27-17/h1-11,24H,12H2,(H,21,22). The van der Waals surface area contributed by atoms with E-state index in [0.717, 1.165) is 0 Å². The van der Waals surface area contributed by atoms with E-state index in [-0.39, 0.29) is 12.1 Å². The average molecular weight is 381 g/mol. The minimum atomic E-state index is -1.54. The van der Waals surface area contributed by atoms with Crippen molar-refractivity contribution in [3.63, 3.8) is 0 Å². The average Bonchev–Trinajstić information content (AvgIpc) is 3.39. The van der Waals surface area contributed by atoms with Gasteiger partial charge in [-0.3, -0.25) is 4.79 Å². The Labute approximate surface area is 157 Å². The molecule has 0 radical (unpaired) electrons. The number of para-hydroxylation sites is 1. The summed E-state index contributed by atoms with van der Waals surface area (Å²) in [5.41, 5.74) is -1.99. The van der Waals surface area contributed by atoms with Crippen LogP contribution in [0.15, 0.2) is 79.9 Å². The maximum atomic E-state index is 12.6. The molecular formula is C20H15NO5S. The largest absolute Gasteiger partial charge is 0.466 e. The molecule has 0 aliphatic carbocycles.